The van der Waals surface area contributed by atoms with Crippen molar-refractivity contribution in [3.05, 3.63) is 11.1 Å². The van der Waals surface area contributed by atoms with Gasteiger partial charge in [0.1, 0.15) is 0 Å². The van der Waals surface area contributed by atoms with Gasteiger partial charge in [-0.05, 0) is 56.3 Å². The predicted molar refractivity (Wildman–Crippen MR) is 83.8 cm³/mol. The smallest absolute Gasteiger partial charge is 0.0398 e. The van der Waals surface area contributed by atoms with Gasteiger partial charge >= 0.3 is 0 Å². The minimum absolute atomic E-state index is 0.466. The van der Waals surface area contributed by atoms with Crippen molar-refractivity contribution in [2.45, 2.75) is 57.9 Å². The third-order valence-electron chi connectivity index (χ3n) is 4.89. The first kappa shape index (κ1) is 13.9. The van der Waals surface area contributed by atoms with Crippen LogP contribution < -0.4 is 0 Å². The zero-order valence-electron chi connectivity index (χ0n) is 11.6. The highest BCUT2D eigenvalue weighted by molar-refractivity contribution is 14.1. The van der Waals surface area contributed by atoms with E-state index in [4.69, 9.17) is 0 Å². The second-order valence-corrected chi connectivity index (χ2v) is 6.07. The van der Waals surface area contributed by atoms with E-state index in [1.807, 2.05) is 16.1 Å². The van der Waals surface area contributed by atoms with Crippen LogP contribution in [0, 0.1) is 5.92 Å². The molecule has 0 radical (unpaired) electrons. The van der Waals surface area contributed by atoms with Crippen molar-refractivity contribution in [2.75, 3.05) is 18.0 Å². The molecule has 0 aromatic carbocycles. The summed E-state index contributed by atoms with van der Waals surface area (Å²) in [5.74, 6) is 0.906. The largest absolute Gasteiger partial charge is 0.294 e. The quantitative estimate of drug-likeness (QED) is 0.356. The number of hydrogen-bond acceptors (Lipinski definition) is 1. The van der Waals surface area contributed by atoms with Gasteiger partial charge in [-0.15, -0.1) is 0 Å². The summed E-state index contributed by atoms with van der Waals surface area (Å²) >= 11 is 2.15. The van der Waals surface area contributed by atoms with Crippen LogP contribution in [-0.2, 0) is 0 Å². The Hall–Kier alpha value is 0.430. The van der Waals surface area contributed by atoms with Gasteiger partial charge in [0.15, 0.2) is 0 Å². The maximum atomic E-state index is 2.77. The Morgan fingerprint density at radius 3 is 2.65 bits per heavy atom. The van der Waals surface area contributed by atoms with Crippen LogP contribution in [0.2, 0.25) is 0 Å². The van der Waals surface area contributed by atoms with Crippen molar-refractivity contribution in [3.8, 4) is 0 Å². The number of halogens is 1. The molecule has 2 heterocycles. The van der Waals surface area contributed by atoms with Crippen LogP contribution in [0.4, 0.5) is 0 Å². The van der Waals surface area contributed by atoms with Gasteiger partial charge in [0, 0.05) is 18.6 Å². The van der Waals surface area contributed by atoms with Crippen LogP contribution in [0.15, 0.2) is 11.1 Å². The van der Waals surface area contributed by atoms with Gasteiger partial charge in [0.05, 0.1) is 0 Å². The number of rotatable bonds is 0. The fraction of sp³-hybridized carbons (Fsp3) is 0.867. The summed E-state index contributed by atoms with van der Waals surface area (Å²) in [6, 6.07) is 0. The number of hydrogen-bond donors (Lipinski definition) is 0. The number of alkyl halides is 1. The van der Waals surface area contributed by atoms with E-state index in [1.54, 1.807) is 0 Å². The molecule has 3 aliphatic rings. The third kappa shape index (κ3) is 2.44. The molecule has 2 unspecified atom stereocenters. The molecule has 1 saturated heterocycles. The summed E-state index contributed by atoms with van der Waals surface area (Å²) in [5.41, 5.74) is 4.16. The van der Waals surface area contributed by atoms with E-state index >= 15 is 0 Å². The lowest BCUT2D eigenvalue weighted by Crippen LogP contribution is -2.47. The number of fused-ring (bicyclic) bond motifs is 2. The molecule has 17 heavy (non-hydrogen) atoms. The molecule has 1 aliphatic carbocycles. The van der Waals surface area contributed by atoms with Gasteiger partial charge in [-0.3, -0.25) is 4.90 Å². The van der Waals surface area contributed by atoms with Crippen molar-refractivity contribution < 1.29 is 0 Å². The third-order valence-corrected chi connectivity index (χ3v) is 4.89. The highest BCUT2D eigenvalue weighted by atomic mass is 127. The van der Waals surface area contributed by atoms with E-state index in [9.17, 15) is 0 Å². The maximum absolute atomic E-state index is 2.77. The molecular weight excluding hydrogens is 321 g/mol. The normalized spacial score (nSPS) is 37.1. The monoisotopic (exact) mass is 347 g/mol. The van der Waals surface area contributed by atoms with Gasteiger partial charge in [-0.25, -0.2) is 0 Å². The molecule has 3 rings (SSSR count). The molecule has 98 valence electrons. The number of nitrogens with zero attached hydrogens (tertiary/aromatic N) is 1. The summed E-state index contributed by atoms with van der Waals surface area (Å²) in [7, 11) is 0. The fourth-order valence-corrected chi connectivity index (χ4v) is 4.27. The first-order valence-electron chi connectivity index (χ1n) is 7.04. The van der Waals surface area contributed by atoms with Crippen LogP contribution in [0.3, 0.4) is 0 Å². The van der Waals surface area contributed by atoms with Gasteiger partial charge in [0.25, 0.3) is 0 Å². The van der Waals surface area contributed by atoms with E-state index in [0.717, 1.165) is 5.92 Å². The molecular formula is C15H26IN. The molecule has 1 fully saturated rings. The average Bonchev–Trinajstić information content (AvgIpc) is 2.67. The summed E-state index contributed by atoms with van der Waals surface area (Å²) in [4.78, 5) is 4.74. The Bertz CT molecular complexity index is 310. The second kappa shape index (κ2) is 5.60. The van der Waals surface area contributed by atoms with Crippen LogP contribution in [0.25, 0.3) is 0 Å². The van der Waals surface area contributed by atoms with Crippen LogP contribution in [0.5, 0.6) is 0 Å². The zero-order valence-corrected chi connectivity index (χ0v) is 13.7. The SMILES string of the molecule is CC1CN2CCC3=C(CCCC3)C2(C)C1.CI. The lowest BCUT2D eigenvalue weighted by Gasteiger charge is -2.45. The average molecular weight is 347 g/mol. The van der Waals surface area contributed by atoms with Gasteiger partial charge in [-0.2, -0.15) is 0 Å². The highest BCUT2D eigenvalue weighted by Crippen LogP contribution is 2.47. The lowest BCUT2D eigenvalue weighted by atomic mass is 9.74. The van der Waals surface area contributed by atoms with E-state index in [1.165, 1.54) is 51.6 Å². The van der Waals surface area contributed by atoms with Crippen molar-refractivity contribution in [3.63, 3.8) is 0 Å². The molecule has 1 nitrogen and oxygen atoms in total. The van der Waals surface area contributed by atoms with Crippen LogP contribution >= 0.6 is 22.6 Å². The Balaban J connectivity index is 0.000000514. The lowest BCUT2D eigenvalue weighted by molar-refractivity contribution is 0.166. The van der Waals surface area contributed by atoms with E-state index < -0.39 is 0 Å². The Labute approximate surface area is 120 Å². The summed E-state index contributed by atoms with van der Waals surface area (Å²) < 4.78 is 0. The van der Waals surface area contributed by atoms with Crippen LogP contribution in [0.1, 0.15) is 52.4 Å². The molecule has 0 saturated carbocycles. The standard InChI is InChI=1S/C14H23N.CH3I/c1-11-9-14(2)13-6-4-3-5-12(13)7-8-15(14)10-11;1-2/h11H,3-10H2,1-2H3;1H3. The summed E-state index contributed by atoms with van der Waals surface area (Å²) in [5, 5.41) is 0. The van der Waals surface area contributed by atoms with Crippen molar-refractivity contribution in [2.24, 2.45) is 5.92 Å². The van der Waals surface area contributed by atoms with Crippen molar-refractivity contribution >= 4 is 22.6 Å². The van der Waals surface area contributed by atoms with Crippen LogP contribution in [-0.4, -0.2) is 28.5 Å². The van der Waals surface area contributed by atoms with Crippen molar-refractivity contribution in [1.29, 1.82) is 0 Å². The van der Waals surface area contributed by atoms with Gasteiger partial charge in [-0.1, -0.05) is 40.7 Å². The molecule has 0 amide bonds. The molecule has 0 spiro atoms. The first-order chi connectivity index (χ1) is 8.20. The minimum atomic E-state index is 0.466. The van der Waals surface area contributed by atoms with Crippen molar-refractivity contribution in [1.82, 2.24) is 4.90 Å². The predicted octanol–water partition coefficient (Wildman–Crippen LogP) is 4.41. The fourth-order valence-electron chi connectivity index (χ4n) is 4.27. The Kier molecular flexibility index (Phi) is 4.56. The molecule has 0 N–H and O–H groups in total. The minimum Gasteiger partial charge on any atom is -0.294 e. The first-order valence-corrected chi connectivity index (χ1v) is 9.20. The molecule has 2 aliphatic heterocycles. The Morgan fingerprint density at radius 2 is 1.88 bits per heavy atom. The van der Waals surface area contributed by atoms with E-state index in [-0.39, 0.29) is 0 Å². The van der Waals surface area contributed by atoms with E-state index in [0.29, 0.717) is 5.54 Å². The topological polar surface area (TPSA) is 3.24 Å². The van der Waals surface area contributed by atoms with Gasteiger partial charge in [0.2, 0.25) is 0 Å². The molecule has 0 aromatic rings. The summed E-state index contributed by atoms with van der Waals surface area (Å²) in [6.07, 6.45) is 8.48. The second-order valence-electron chi connectivity index (χ2n) is 6.07. The highest BCUT2D eigenvalue weighted by Gasteiger charge is 2.45. The van der Waals surface area contributed by atoms with E-state index in [2.05, 4.69) is 41.3 Å². The summed E-state index contributed by atoms with van der Waals surface area (Å²) in [6.45, 7) is 7.61. The van der Waals surface area contributed by atoms with Gasteiger partial charge < -0.3 is 0 Å². The molecule has 2 atom stereocenters. The zero-order chi connectivity index (χ0) is 12.5. The molecule has 0 bridgehead atoms. The molecule has 2 heteroatoms. The molecule has 0 aromatic heterocycles. The maximum Gasteiger partial charge on any atom is 0.0398 e. The Morgan fingerprint density at radius 1 is 1.18 bits per heavy atom.